The molecule has 3 aliphatic heterocycles. The third-order valence-corrected chi connectivity index (χ3v) is 6.01. The Morgan fingerprint density at radius 2 is 2.00 bits per heavy atom. The molecule has 0 N–H and O–H groups in total. The second kappa shape index (κ2) is 7.08. The Morgan fingerprint density at radius 1 is 1.19 bits per heavy atom. The van der Waals surface area contributed by atoms with Crippen LogP contribution in [0.1, 0.15) is 41.0 Å². The Morgan fingerprint density at radius 3 is 2.70 bits per heavy atom. The van der Waals surface area contributed by atoms with Crippen molar-refractivity contribution >= 4 is 5.91 Å². The summed E-state index contributed by atoms with van der Waals surface area (Å²) in [6, 6.07) is 5.49. The van der Waals surface area contributed by atoms with Gasteiger partial charge in [0.1, 0.15) is 11.6 Å². The molecular weight excluding hydrogens is 345 g/mol. The van der Waals surface area contributed by atoms with Crippen LogP contribution in [-0.4, -0.2) is 40.0 Å². The van der Waals surface area contributed by atoms with Crippen molar-refractivity contribution in [3.8, 4) is 0 Å². The number of hydrogen-bond acceptors (Lipinski definition) is 4. The Kier molecular flexibility index (Phi) is 4.76. The van der Waals surface area contributed by atoms with Crippen molar-refractivity contribution in [1.29, 1.82) is 0 Å². The molecule has 1 aromatic heterocycles. The Hall–Kier alpha value is -2.21. The van der Waals surface area contributed by atoms with Crippen LogP contribution in [-0.2, 0) is 17.9 Å². The van der Waals surface area contributed by atoms with Crippen molar-refractivity contribution in [2.75, 3.05) is 13.1 Å². The fourth-order valence-corrected chi connectivity index (χ4v) is 4.43. The minimum absolute atomic E-state index is 0.0331. The highest BCUT2D eigenvalue weighted by Gasteiger charge is 2.41. The predicted molar refractivity (Wildman–Crippen MR) is 99.5 cm³/mol. The minimum atomic E-state index is -0.171. The normalized spacial score (nSPS) is 23.1. The maximum Gasteiger partial charge on any atom is 0.227 e. The number of benzene rings is 1. The van der Waals surface area contributed by atoms with E-state index in [1.165, 1.54) is 6.07 Å². The van der Waals surface area contributed by atoms with Crippen molar-refractivity contribution in [1.82, 2.24) is 15.0 Å². The number of nitrogens with zero attached hydrogens (tertiary/aromatic N) is 3. The molecule has 27 heavy (non-hydrogen) atoms. The lowest BCUT2D eigenvalue weighted by Crippen LogP contribution is -2.47. The minimum Gasteiger partial charge on any atom is -0.361 e. The molecule has 0 saturated carbocycles. The molecule has 1 aromatic carbocycles. The van der Waals surface area contributed by atoms with E-state index in [1.54, 1.807) is 6.92 Å². The van der Waals surface area contributed by atoms with Crippen molar-refractivity contribution < 1.29 is 13.7 Å². The molecule has 3 fully saturated rings. The number of piperidine rings is 1. The van der Waals surface area contributed by atoms with Gasteiger partial charge >= 0.3 is 0 Å². The maximum atomic E-state index is 13.5. The van der Waals surface area contributed by atoms with Gasteiger partial charge in [-0.1, -0.05) is 17.3 Å². The average Bonchev–Trinajstić information content (AvgIpc) is 2.80. The van der Waals surface area contributed by atoms with Gasteiger partial charge in [0.25, 0.3) is 0 Å². The third kappa shape index (κ3) is 3.50. The van der Waals surface area contributed by atoms with E-state index in [4.69, 9.17) is 4.52 Å². The summed E-state index contributed by atoms with van der Waals surface area (Å²) in [7, 11) is 0. The lowest BCUT2D eigenvalue weighted by molar-refractivity contribution is -0.140. The largest absolute Gasteiger partial charge is 0.361 e. The molecule has 3 aliphatic rings. The van der Waals surface area contributed by atoms with Crippen molar-refractivity contribution in [2.24, 2.45) is 5.92 Å². The van der Waals surface area contributed by atoms with Gasteiger partial charge in [0.2, 0.25) is 5.91 Å². The predicted octanol–water partition coefficient (Wildman–Crippen LogP) is 3.36. The highest BCUT2D eigenvalue weighted by atomic mass is 19.1. The number of aryl methyl sites for hydroxylation is 3. The second-order valence-electron chi connectivity index (χ2n) is 7.97. The first-order valence-corrected chi connectivity index (χ1v) is 9.62. The van der Waals surface area contributed by atoms with Crippen LogP contribution in [0.4, 0.5) is 4.39 Å². The molecule has 4 heterocycles. The summed E-state index contributed by atoms with van der Waals surface area (Å²) < 4.78 is 18.8. The van der Waals surface area contributed by atoms with Gasteiger partial charge in [0.15, 0.2) is 0 Å². The molecule has 1 amide bonds. The quantitative estimate of drug-likeness (QED) is 0.827. The number of carbonyl (C=O) groups is 1. The van der Waals surface area contributed by atoms with E-state index in [2.05, 4.69) is 10.1 Å². The van der Waals surface area contributed by atoms with Crippen LogP contribution in [0, 0.1) is 32.5 Å². The van der Waals surface area contributed by atoms with E-state index >= 15 is 0 Å². The lowest BCUT2D eigenvalue weighted by Gasteiger charge is -2.36. The zero-order valence-corrected chi connectivity index (χ0v) is 16.2. The van der Waals surface area contributed by atoms with Gasteiger partial charge in [-0.2, -0.15) is 0 Å². The molecule has 0 spiro atoms. The number of carbonyl (C=O) groups excluding carboxylic acids is 1. The summed E-state index contributed by atoms with van der Waals surface area (Å²) in [4.78, 5) is 17.4. The van der Waals surface area contributed by atoms with Crippen LogP contribution in [0.5, 0.6) is 0 Å². The fraction of sp³-hybridized carbons (Fsp3) is 0.524. The fourth-order valence-electron chi connectivity index (χ4n) is 4.43. The molecule has 0 unspecified atom stereocenters. The van der Waals surface area contributed by atoms with E-state index < -0.39 is 0 Å². The molecule has 2 aromatic rings. The van der Waals surface area contributed by atoms with Crippen molar-refractivity contribution in [3.05, 3.63) is 52.2 Å². The SMILES string of the molecule is Cc1cc(CN2C[C@@H]3CC[C@H](C2)N(Cc2c(C)noc2C)C3=O)ccc1F. The second-order valence-corrected chi connectivity index (χ2v) is 7.97. The molecular formula is C21H26FN3O2. The Labute approximate surface area is 159 Å². The number of fused-ring (bicyclic) bond motifs is 4. The zero-order valence-electron chi connectivity index (χ0n) is 16.2. The first-order valence-electron chi connectivity index (χ1n) is 9.62. The molecule has 3 saturated heterocycles. The topological polar surface area (TPSA) is 49.6 Å². The van der Waals surface area contributed by atoms with Gasteiger partial charge in [-0.15, -0.1) is 0 Å². The standard InChI is InChI=1S/C21H26FN3O2/c1-13-8-16(4-7-20(13)22)9-24-10-17-5-6-18(11-24)25(21(17)26)12-19-14(2)23-27-15(19)3/h4,7-8,17-18H,5-6,9-12H2,1-3H3/t17-,18+/m0/s1. The van der Waals surface area contributed by atoms with Crippen LogP contribution < -0.4 is 0 Å². The van der Waals surface area contributed by atoms with E-state index in [0.717, 1.165) is 55.1 Å². The van der Waals surface area contributed by atoms with Gasteiger partial charge in [0.05, 0.1) is 18.2 Å². The smallest absolute Gasteiger partial charge is 0.227 e. The first kappa shape index (κ1) is 18.2. The van der Waals surface area contributed by atoms with E-state index in [0.29, 0.717) is 12.1 Å². The Bertz CT molecular complexity index is 844. The summed E-state index contributed by atoms with van der Waals surface area (Å²) in [6.45, 7) is 8.56. The molecule has 5 rings (SSSR count). The zero-order chi connectivity index (χ0) is 19.1. The van der Waals surface area contributed by atoms with Gasteiger partial charge in [-0.25, -0.2) is 4.39 Å². The van der Waals surface area contributed by atoms with Gasteiger partial charge in [0, 0.05) is 31.2 Å². The molecule has 5 nitrogen and oxygen atoms in total. The van der Waals surface area contributed by atoms with Crippen LogP contribution in [0.15, 0.2) is 22.7 Å². The highest BCUT2D eigenvalue weighted by Crippen LogP contribution is 2.32. The summed E-state index contributed by atoms with van der Waals surface area (Å²) in [5, 5.41) is 4.02. The van der Waals surface area contributed by atoms with Crippen LogP contribution in [0.3, 0.4) is 0 Å². The lowest BCUT2D eigenvalue weighted by atomic mass is 9.93. The monoisotopic (exact) mass is 371 g/mol. The third-order valence-electron chi connectivity index (χ3n) is 6.01. The average molecular weight is 371 g/mol. The molecule has 2 atom stereocenters. The first-order chi connectivity index (χ1) is 12.9. The van der Waals surface area contributed by atoms with E-state index in [-0.39, 0.29) is 23.7 Å². The summed E-state index contributed by atoms with van der Waals surface area (Å²) in [5.41, 5.74) is 3.65. The molecule has 6 heteroatoms. The van der Waals surface area contributed by atoms with E-state index in [9.17, 15) is 9.18 Å². The van der Waals surface area contributed by atoms with E-state index in [1.807, 2.05) is 30.9 Å². The molecule has 144 valence electrons. The molecule has 2 bridgehead atoms. The highest BCUT2D eigenvalue weighted by molar-refractivity contribution is 5.80. The number of rotatable bonds is 4. The van der Waals surface area contributed by atoms with Gasteiger partial charge in [-0.3, -0.25) is 9.69 Å². The number of aromatic nitrogens is 1. The van der Waals surface area contributed by atoms with Crippen LogP contribution >= 0.6 is 0 Å². The molecule has 0 aliphatic carbocycles. The van der Waals surface area contributed by atoms with Crippen molar-refractivity contribution in [3.63, 3.8) is 0 Å². The Balaban J connectivity index is 1.52. The summed E-state index contributed by atoms with van der Waals surface area (Å²) >= 11 is 0. The summed E-state index contributed by atoms with van der Waals surface area (Å²) in [5.74, 6) is 0.893. The number of hydrogen-bond donors (Lipinski definition) is 0. The number of amides is 1. The van der Waals surface area contributed by atoms with Crippen molar-refractivity contribution in [2.45, 2.75) is 52.7 Å². The van der Waals surface area contributed by atoms with Crippen LogP contribution in [0.25, 0.3) is 0 Å². The van der Waals surface area contributed by atoms with Gasteiger partial charge < -0.3 is 9.42 Å². The molecule has 0 radical (unpaired) electrons. The maximum absolute atomic E-state index is 13.5. The number of halogens is 1. The summed E-state index contributed by atoms with van der Waals surface area (Å²) in [6.07, 6.45) is 1.97. The van der Waals surface area contributed by atoms with Crippen LogP contribution in [0.2, 0.25) is 0 Å². The van der Waals surface area contributed by atoms with Gasteiger partial charge in [-0.05, 0) is 50.8 Å².